The Morgan fingerprint density at radius 3 is 1.71 bits per heavy atom. The first kappa shape index (κ1) is 22.9. The molecule has 0 fully saturated rings. The molecule has 1 heterocycles. The van der Waals surface area contributed by atoms with Crippen LogP contribution in [0.3, 0.4) is 0 Å². The summed E-state index contributed by atoms with van der Waals surface area (Å²) < 4.78 is 7.11. The van der Waals surface area contributed by atoms with Crippen molar-refractivity contribution in [1.82, 2.24) is 4.73 Å². The summed E-state index contributed by atoms with van der Waals surface area (Å²) in [6, 6.07) is 16.9. The Hall–Kier alpha value is -2.75. The maximum absolute atomic E-state index is 11.3. The minimum Gasteiger partial charge on any atom is -0.462 e. The zero-order chi connectivity index (χ0) is 21.9. The zero-order valence-electron chi connectivity index (χ0n) is 18.8. The largest absolute Gasteiger partial charge is 0.462 e. The second kappa shape index (κ2) is 12.2. The zero-order valence-corrected chi connectivity index (χ0v) is 18.8. The predicted octanol–water partition coefficient (Wildman–Crippen LogP) is 6.85. The monoisotopic (exact) mass is 421 g/mol. The number of para-hydroxylation sites is 2. The van der Waals surface area contributed by atoms with Gasteiger partial charge in [-0.05, 0) is 38.3 Å². The first-order valence-corrected chi connectivity index (χ1v) is 11.6. The van der Waals surface area contributed by atoms with E-state index in [4.69, 9.17) is 9.57 Å². The normalized spacial score (nSPS) is 11.1. The highest BCUT2D eigenvalue weighted by Gasteiger charge is 2.10. The first-order chi connectivity index (χ1) is 15.2. The average Bonchev–Trinajstić information content (AvgIpc) is 3.10. The van der Waals surface area contributed by atoms with Crippen LogP contribution in [0.15, 0.2) is 60.7 Å². The van der Waals surface area contributed by atoms with Crippen molar-refractivity contribution in [3.05, 3.63) is 60.7 Å². The van der Waals surface area contributed by atoms with Gasteiger partial charge in [-0.2, -0.15) is 4.73 Å². The van der Waals surface area contributed by atoms with E-state index in [0.29, 0.717) is 12.2 Å². The fourth-order valence-electron chi connectivity index (χ4n) is 3.91. The average molecular weight is 422 g/mol. The Morgan fingerprint density at radius 1 is 0.742 bits per heavy atom. The predicted molar refractivity (Wildman–Crippen MR) is 128 cm³/mol. The molecule has 31 heavy (non-hydrogen) atoms. The van der Waals surface area contributed by atoms with E-state index in [9.17, 15) is 4.79 Å². The highest BCUT2D eigenvalue weighted by atomic mass is 16.7. The summed E-state index contributed by atoms with van der Waals surface area (Å²) in [4.78, 5) is 17.4. The molecule has 0 atom stereocenters. The molecule has 0 saturated carbocycles. The summed E-state index contributed by atoms with van der Waals surface area (Å²) in [6.45, 7) is 6.52. The minimum atomic E-state index is -0.276. The number of fused-ring (bicyclic) bond motifs is 3. The van der Waals surface area contributed by atoms with E-state index >= 15 is 0 Å². The third-order valence-corrected chi connectivity index (χ3v) is 5.63. The van der Waals surface area contributed by atoms with Gasteiger partial charge in [0, 0.05) is 16.3 Å². The number of carbonyl (C=O) groups excluding carboxylic acids is 1. The van der Waals surface area contributed by atoms with E-state index in [1.165, 1.54) is 49.3 Å². The first-order valence-electron chi connectivity index (χ1n) is 11.6. The number of benzene rings is 2. The minimum absolute atomic E-state index is 0.276. The number of carbonyl (C=O) groups is 1. The third-order valence-electron chi connectivity index (χ3n) is 5.63. The number of esters is 1. The Labute approximate surface area is 185 Å². The molecule has 0 amide bonds. The van der Waals surface area contributed by atoms with Crippen molar-refractivity contribution in [2.45, 2.75) is 64.7 Å². The Balaban J connectivity index is 1.25. The second-order valence-electron chi connectivity index (χ2n) is 8.26. The molecule has 3 aromatic rings. The van der Waals surface area contributed by atoms with E-state index in [-0.39, 0.29) is 5.97 Å². The van der Waals surface area contributed by atoms with E-state index in [2.05, 4.69) is 55.1 Å². The van der Waals surface area contributed by atoms with Crippen molar-refractivity contribution in [3.63, 3.8) is 0 Å². The lowest BCUT2D eigenvalue weighted by molar-refractivity contribution is -0.139. The number of hydrogen-bond donors (Lipinski definition) is 0. The number of ether oxygens (including phenoxy) is 1. The van der Waals surface area contributed by atoms with Crippen LogP contribution < -0.4 is 4.84 Å². The van der Waals surface area contributed by atoms with Gasteiger partial charge in [-0.1, -0.05) is 81.5 Å². The van der Waals surface area contributed by atoms with Crippen molar-refractivity contribution in [2.24, 2.45) is 0 Å². The number of hydrogen-bond acceptors (Lipinski definition) is 3. The quantitative estimate of drug-likeness (QED) is 0.162. The molecule has 0 unspecified atom stereocenters. The van der Waals surface area contributed by atoms with Gasteiger partial charge in [-0.15, -0.1) is 0 Å². The van der Waals surface area contributed by atoms with Gasteiger partial charge in [0.05, 0.1) is 17.6 Å². The highest BCUT2D eigenvalue weighted by Crippen LogP contribution is 2.27. The van der Waals surface area contributed by atoms with Crippen molar-refractivity contribution in [1.29, 1.82) is 0 Å². The van der Waals surface area contributed by atoms with Crippen molar-refractivity contribution >= 4 is 27.8 Å². The Morgan fingerprint density at radius 2 is 1.19 bits per heavy atom. The molecule has 0 bridgehead atoms. The lowest BCUT2D eigenvalue weighted by Crippen LogP contribution is -2.12. The van der Waals surface area contributed by atoms with Gasteiger partial charge in [0.15, 0.2) is 0 Å². The fraction of sp³-hybridized carbons (Fsp3) is 0.444. The van der Waals surface area contributed by atoms with Crippen molar-refractivity contribution in [2.75, 3.05) is 13.2 Å². The number of rotatable bonds is 14. The molecule has 4 heteroatoms. The van der Waals surface area contributed by atoms with E-state index in [1.54, 1.807) is 6.92 Å². The molecular formula is C27H35NO3. The fourth-order valence-corrected chi connectivity index (χ4v) is 3.91. The summed E-state index contributed by atoms with van der Waals surface area (Å²) in [7, 11) is 0. The number of nitrogens with zero attached hydrogens (tertiary/aromatic N) is 1. The van der Waals surface area contributed by atoms with E-state index in [1.807, 2.05) is 4.73 Å². The summed E-state index contributed by atoms with van der Waals surface area (Å²) in [6.07, 6.45) is 10.6. The van der Waals surface area contributed by atoms with E-state index < -0.39 is 0 Å². The van der Waals surface area contributed by atoms with Crippen molar-refractivity contribution < 1.29 is 14.4 Å². The molecule has 2 aromatic carbocycles. The maximum atomic E-state index is 11.3. The maximum Gasteiger partial charge on any atom is 0.333 e. The molecule has 0 saturated heterocycles. The van der Waals surface area contributed by atoms with Gasteiger partial charge in [0.2, 0.25) is 0 Å². The lowest BCUT2D eigenvalue weighted by Gasteiger charge is -2.10. The summed E-state index contributed by atoms with van der Waals surface area (Å²) >= 11 is 0. The van der Waals surface area contributed by atoms with Gasteiger partial charge in [0.25, 0.3) is 0 Å². The molecule has 4 nitrogen and oxygen atoms in total. The summed E-state index contributed by atoms with van der Waals surface area (Å²) in [5.74, 6) is -0.276. The standard InChI is InChI=1S/C27H35NO3/c1-22(2)27(29)30-20-14-8-6-4-3-5-7-9-15-21-31-28-25-18-12-10-16-23(25)24-17-11-13-19-26(24)28/h10-13,16-19H,1,3-9,14-15,20-21H2,2H3. The molecular weight excluding hydrogens is 386 g/mol. The van der Waals surface area contributed by atoms with Gasteiger partial charge in [-0.25, -0.2) is 4.79 Å². The molecule has 0 aliphatic rings. The summed E-state index contributed by atoms with van der Waals surface area (Å²) in [5.41, 5.74) is 2.75. The van der Waals surface area contributed by atoms with Crippen LogP contribution in [0.2, 0.25) is 0 Å². The molecule has 0 aliphatic heterocycles. The summed E-state index contributed by atoms with van der Waals surface area (Å²) in [5, 5.41) is 2.49. The second-order valence-corrected chi connectivity index (χ2v) is 8.26. The molecule has 0 spiro atoms. The smallest absolute Gasteiger partial charge is 0.333 e. The third kappa shape index (κ3) is 6.61. The van der Waals surface area contributed by atoms with Crippen molar-refractivity contribution in [3.8, 4) is 0 Å². The molecule has 0 aliphatic carbocycles. The van der Waals surface area contributed by atoms with Gasteiger partial charge in [0.1, 0.15) is 6.61 Å². The molecule has 3 rings (SSSR count). The molecule has 166 valence electrons. The van der Waals surface area contributed by atoms with Crippen LogP contribution in [-0.2, 0) is 9.53 Å². The SMILES string of the molecule is C=C(C)C(=O)OCCCCCCCCCCCOn1c2ccccc2c2ccccc21. The van der Waals surface area contributed by atoms with Crippen LogP contribution in [0.4, 0.5) is 0 Å². The Kier molecular flexibility index (Phi) is 9.01. The van der Waals surface area contributed by atoms with Crippen LogP contribution in [0, 0.1) is 0 Å². The van der Waals surface area contributed by atoms with Crippen LogP contribution in [0.5, 0.6) is 0 Å². The topological polar surface area (TPSA) is 40.5 Å². The number of unbranched alkanes of at least 4 members (excludes halogenated alkanes) is 8. The van der Waals surface area contributed by atoms with Crippen LogP contribution in [0.1, 0.15) is 64.7 Å². The van der Waals surface area contributed by atoms with E-state index in [0.717, 1.165) is 36.9 Å². The highest BCUT2D eigenvalue weighted by molar-refractivity contribution is 6.07. The number of aromatic nitrogens is 1. The molecule has 1 aromatic heterocycles. The van der Waals surface area contributed by atoms with Crippen LogP contribution in [0.25, 0.3) is 21.8 Å². The van der Waals surface area contributed by atoms with Crippen LogP contribution in [-0.4, -0.2) is 23.9 Å². The lowest BCUT2D eigenvalue weighted by atomic mass is 10.1. The van der Waals surface area contributed by atoms with Gasteiger partial charge < -0.3 is 9.57 Å². The molecule has 0 N–H and O–H groups in total. The van der Waals surface area contributed by atoms with Gasteiger partial charge >= 0.3 is 5.97 Å². The van der Waals surface area contributed by atoms with Gasteiger partial charge in [-0.3, -0.25) is 0 Å². The van der Waals surface area contributed by atoms with Crippen LogP contribution >= 0.6 is 0 Å². The Bertz CT molecular complexity index is 935. The molecule has 0 radical (unpaired) electrons.